The summed E-state index contributed by atoms with van der Waals surface area (Å²) in [7, 11) is 0. The number of para-hydroxylation sites is 1. The van der Waals surface area contributed by atoms with Gasteiger partial charge in [-0.05, 0) is 38.3 Å². The Morgan fingerprint density at radius 1 is 1.21 bits per heavy atom. The van der Waals surface area contributed by atoms with Crippen molar-refractivity contribution in [3.63, 3.8) is 0 Å². The largest absolute Gasteiger partial charge is 0.378 e. The smallest absolute Gasteiger partial charge is 0.272 e. The zero-order valence-electron chi connectivity index (χ0n) is 15.8. The second-order valence-electron chi connectivity index (χ2n) is 7.12. The number of hydrogen-bond acceptors (Lipinski definition) is 4. The molecule has 1 aliphatic heterocycles. The molecule has 1 atom stereocenters. The van der Waals surface area contributed by atoms with Crippen LogP contribution in [0.25, 0.3) is 5.69 Å². The molecule has 1 saturated heterocycles. The zero-order valence-corrected chi connectivity index (χ0v) is 15.8. The van der Waals surface area contributed by atoms with E-state index < -0.39 is 11.9 Å². The van der Waals surface area contributed by atoms with Crippen LogP contribution in [0.3, 0.4) is 0 Å². The molecule has 148 valence electrons. The van der Waals surface area contributed by atoms with E-state index in [-0.39, 0.29) is 17.4 Å². The van der Waals surface area contributed by atoms with Crippen molar-refractivity contribution in [2.45, 2.75) is 32.2 Å². The lowest BCUT2D eigenvalue weighted by Crippen LogP contribution is -2.50. The number of fused-ring (bicyclic) bond motifs is 1. The lowest BCUT2D eigenvalue weighted by atomic mass is 10.1. The minimum Gasteiger partial charge on any atom is -0.378 e. The second-order valence-corrected chi connectivity index (χ2v) is 7.12. The summed E-state index contributed by atoms with van der Waals surface area (Å²) in [6.07, 6.45) is 2.36. The molecule has 0 bridgehead atoms. The fourth-order valence-electron chi connectivity index (χ4n) is 3.83. The van der Waals surface area contributed by atoms with E-state index in [9.17, 15) is 14.0 Å². The van der Waals surface area contributed by atoms with Crippen LogP contribution in [0.5, 0.6) is 0 Å². The van der Waals surface area contributed by atoms with Gasteiger partial charge in [0.1, 0.15) is 17.5 Å². The van der Waals surface area contributed by atoms with Crippen molar-refractivity contribution >= 4 is 11.8 Å². The Morgan fingerprint density at radius 2 is 1.96 bits per heavy atom. The van der Waals surface area contributed by atoms with Gasteiger partial charge in [-0.3, -0.25) is 9.59 Å². The van der Waals surface area contributed by atoms with Gasteiger partial charge in [-0.2, -0.15) is 5.10 Å². The zero-order chi connectivity index (χ0) is 19.7. The predicted molar refractivity (Wildman–Crippen MR) is 99.9 cm³/mol. The molecular weight excluding hydrogens is 363 g/mol. The Labute approximate surface area is 162 Å². The number of nitrogens with zero attached hydrogens (tertiary/aromatic N) is 3. The minimum absolute atomic E-state index is 0.137. The summed E-state index contributed by atoms with van der Waals surface area (Å²) in [6.45, 7) is 3.73. The Morgan fingerprint density at radius 3 is 2.71 bits per heavy atom. The summed E-state index contributed by atoms with van der Waals surface area (Å²) in [5.41, 5.74) is 2.31. The molecular formula is C20H23FN4O3. The number of amides is 2. The maximum atomic E-state index is 14.3. The molecule has 0 spiro atoms. The molecule has 7 nitrogen and oxygen atoms in total. The molecule has 2 aromatic rings. The SMILES string of the molecule is CC(NC(=O)c1nn(-c2ccccc2F)c2c1CCC2)C(=O)N1CCOCC1. The highest BCUT2D eigenvalue weighted by atomic mass is 19.1. The van der Waals surface area contributed by atoms with Crippen molar-refractivity contribution in [1.29, 1.82) is 0 Å². The molecule has 4 rings (SSSR count). The van der Waals surface area contributed by atoms with Crippen molar-refractivity contribution in [1.82, 2.24) is 20.0 Å². The third-order valence-electron chi connectivity index (χ3n) is 5.27. The number of aromatic nitrogens is 2. The summed E-state index contributed by atoms with van der Waals surface area (Å²) >= 11 is 0. The van der Waals surface area contributed by atoms with E-state index in [1.807, 2.05) is 0 Å². The number of carbonyl (C=O) groups is 2. The van der Waals surface area contributed by atoms with Crippen molar-refractivity contribution in [3.8, 4) is 5.69 Å². The average Bonchev–Trinajstić information content (AvgIpc) is 3.31. The first-order valence-corrected chi connectivity index (χ1v) is 9.59. The first kappa shape index (κ1) is 18.6. The molecule has 1 unspecified atom stereocenters. The normalized spacial score (nSPS) is 17.3. The van der Waals surface area contributed by atoms with Gasteiger partial charge in [0.15, 0.2) is 5.69 Å². The first-order valence-electron chi connectivity index (χ1n) is 9.59. The fourth-order valence-corrected chi connectivity index (χ4v) is 3.83. The summed E-state index contributed by atoms with van der Waals surface area (Å²) in [5.74, 6) is -0.924. The van der Waals surface area contributed by atoms with Gasteiger partial charge in [-0.25, -0.2) is 9.07 Å². The molecule has 0 saturated carbocycles. The summed E-state index contributed by atoms with van der Waals surface area (Å²) in [5, 5.41) is 7.17. The molecule has 2 aliphatic rings. The van der Waals surface area contributed by atoms with Crippen LogP contribution in [-0.2, 0) is 22.4 Å². The predicted octanol–water partition coefficient (Wildman–Crippen LogP) is 1.48. The van der Waals surface area contributed by atoms with Gasteiger partial charge in [0.25, 0.3) is 5.91 Å². The number of ether oxygens (including phenoxy) is 1. The third kappa shape index (κ3) is 3.40. The maximum Gasteiger partial charge on any atom is 0.272 e. The molecule has 1 aliphatic carbocycles. The van der Waals surface area contributed by atoms with Crippen LogP contribution in [-0.4, -0.2) is 58.8 Å². The first-order chi connectivity index (χ1) is 13.6. The van der Waals surface area contributed by atoms with Crippen molar-refractivity contribution in [3.05, 3.63) is 47.0 Å². The lowest BCUT2D eigenvalue weighted by Gasteiger charge is -2.29. The Kier molecular flexibility index (Phi) is 5.13. The van der Waals surface area contributed by atoms with Gasteiger partial charge in [0.2, 0.25) is 5.91 Å². The number of morpholine rings is 1. The summed E-state index contributed by atoms with van der Waals surface area (Å²) < 4.78 is 21.0. The van der Waals surface area contributed by atoms with E-state index >= 15 is 0 Å². The Bertz CT molecular complexity index is 905. The summed E-state index contributed by atoms with van der Waals surface area (Å²) in [6, 6.07) is 5.72. The van der Waals surface area contributed by atoms with E-state index in [4.69, 9.17) is 4.74 Å². The molecule has 2 heterocycles. The number of rotatable bonds is 4. The van der Waals surface area contributed by atoms with Crippen molar-refractivity contribution in [2.75, 3.05) is 26.3 Å². The van der Waals surface area contributed by atoms with Gasteiger partial charge in [-0.1, -0.05) is 12.1 Å². The second kappa shape index (κ2) is 7.71. The van der Waals surface area contributed by atoms with E-state index in [2.05, 4.69) is 10.4 Å². The molecule has 0 radical (unpaired) electrons. The quantitative estimate of drug-likeness (QED) is 0.864. The molecule has 2 amide bonds. The third-order valence-corrected chi connectivity index (χ3v) is 5.27. The number of benzene rings is 1. The van der Waals surface area contributed by atoms with E-state index in [0.29, 0.717) is 32.0 Å². The number of hydrogen-bond donors (Lipinski definition) is 1. The van der Waals surface area contributed by atoms with E-state index in [1.54, 1.807) is 30.0 Å². The average molecular weight is 386 g/mol. The lowest BCUT2D eigenvalue weighted by molar-refractivity contribution is -0.136. The number of carbonyl (C=O) groups excluding carboxylic acids is 2. The fraction of sp³-hybridized carbons (Fsp3) is 0.450. The van der Waals surface area contributed by atoms with Crippen LogP contribution >= 0.6 is 0 Å². The molecule has 1 N–H and O–H groups in total. The Balaban J connectivity index is 1.56. The number of nitrogens with one attached hydrogen (secondary N) is 1. The van der Waals surface area contributed by atoms with Gasteiger partial charge >= 0.3 is 0 Å². The molecule has 1 aromatic carbocycles. The number of halogens is 1. The van der Waals surface area contributed by atoms with Crippen molar-refractivity contribution < 1.29 is 18.7 Å². The highest BCUT2D eigenvalue weighted by Crippen LogP contribution is 2.28. The standard InChI is InChI=1S/C20H23FN4O3/c1-13(20(27)24-9-11-28-12-10-24)22-19(26)18-14-5-4-8-16(14)25(23-18)17-7-3-2-6-15(17)21/h2-3,6-7,13H,4-5,8-12H2,1H3,(H,22,26). The van der Waals surface area contributed by atoms with Crippen LogP contribution < -0.4 is 5.32 Å². The van der Waals surface area contributed by atoms with E-state index in [0.717, 1.165) is 30.5 Å². The van der Waals surface area contributed by atoms with Crippen LogP contribution in [0, 0.1) is 5.82 Å². The maximum absolute atomic E-state index is 14.3. The van der Waals surface area contributed by atoms with Crippen LogP contribution in [0.4, 0.5) is 4.39 Å². The van der Waals surface area contributed by atoms with Gasteiger partial charge in [-0.15, -0.1) is 0 Å². The monoisotopic (exact) mass is 386 g/mol. The van der Waals surface area contributed by atoms with E-state index in [1.165, 1.54) is 10.7 Å². The van der Waals surface area contributed by atoms with Crippen LogP contribution in [0.1, 0.15) is 35.1 Å². The highest BCUT2D eigenvalue weighted by Gasteiger charge is 2.30. The van der Waals surface area contributed by atoms with Crippen molar-refractivity contribution in [2.24, 2.45) is 0 Å². The summed E-state index contributed by atoms with van der Waals surface area (Å²) in [4.78, 5) is 27.1. The highest BCUT2D eigenvalue weighted by molar-refractivity contribution is 5.97. The molecule has 1 aromatic heterocycles. The molecule has 8 heteroatoms. The van der Waals surface area contributed by atoms with Gasteiger partial charge in [0, 0.05) is 24.3 Å². The van der Waals surface area contributed by atoms with Crippen LogP contribution in [0.2, 0.25) is 0 Å². The topological polar surface area (TPSA) is 76.5 Å². The Hall–Kier alpha value is -2.74. The van der Waals surface area contributed by atoms with Crippen LogP contribution in [0.15, 0.2) is 24.3 Å². The van der Waals surface area contributed by atoms with Gasteiger partial charge < -0.3 is 15.0 Å². The minimum atomic E-state index is -0.665. The molecule has 1 fully saturated rings. The van der Waals surface area contributed by atoms with Gasteiger partial charge in [0.05, 0.1) is 13.2 Å². The molecule has 28 heavy (non-hydrogen) atoms.